The van der Waals surface area contributed by atoms with E-state index < -0.39 is 0 Å². The van der Waals surface area contributed by atoms with Crippen LogP contribution in [-0.4, -0.2) is 9.13 Å². The Labute approximate surface area is 385 Å². The van der Waals surface area contributed by atoms with Gasteiger partial charge in [0.25, 0.3) is 11.1 Å². The standard InChI is InChI=1S/C56H88N2O2S2/c1-5-9-13-17-21-23-27-31-35-45(33-29-25-19-15-11-7-3)43-57-51-37-39-61-53(51)47-42-50-48(41-49(47)55(57)59)54-52(38-40-62-54)58(56(50)60)44-46(34-30-26-20-16-12-8-4)36-32-28-24-22-18-14-10-6-2/h37-42,45-46H,5-36,43-44H2,1-4H3. The molecule has 0 aliphatic heterocycles. The van der Waals surface area contributed by atoms with Crippen molar-refractivity contribution in [2.24, 2.45) is 11.8 Å². The van der Waals surface area contributed by atoms with Crippen LogP contribution in [0, 0.1) is 11.8 Å². The average molecular weight is 885 g/mol. The maximum Gasteiger partial charge on any atom is 0.259 e. The van der Waals surface area contributed by atoms with Crippen LogP contribution in [-0.2, 0) is 13.1 Å². The number of fused-ring (bicyclic) bond motifs is 6. The second kappa shape index (κ2) is 29.2. The number of hydrogen-bond donors (Lipinski definition) is 0. The smallest absolute Gasteiger partial charge is 0.259 e. The third kappa shape index (κ3) is 15.3. The number of nitrogens with zero attached hydrogens (tertiary/aromatic N) is 2. The summed E-state index contributed by atoms with van der Waals surface area (Å²) in [6.45, 7) is 10.8. The molecule has 6 heteroatoms. The lowest BCUT2D eigenvalue weighted by molar-refractivity contribution is 0.358. The molecule has 4 nitrogen and oxygen atoms in total. The first-order valence-corrected chi connectivity index (χ1v) is 28.3. The second-order valence-electron chi connectivity index (χ2n) is 19.4. The van der Waals surface area contributed by atoms with Gasteiger partial charge < -0.3 is 9.13 Å². The van der Waals surface area contributed by atoms with Crippen LogP contribution in [0.4, 0.5) is 0 Å². The maximum atomic E-state index is 14.8. The molecule has 0 amide bonds. The first kappa shape index (κ1) is 50.6. The van der Waals surface area contributed by atoms with Gasteiger partial charge in [-0.15, -0.1) is 22.7 Å². The Balaban J connectivity index is 1.40. The van der Waals surface area contributed by atoms with Gasteiger partial charge in [0.15, 0.2) is 0 Å². The van der Waals surface area contributed by atoms with Crippen molar-refractivity contribution in [1.82, 2.24) is 9.13 Å². The van der Waals surface area contributed by atoms with Crippen LogP contribution in [0.15, 0.2) is 44.6 Å². The molecule has 5 aromatic rings. The molecular formula is C56H88N2O2S2. The van der Waals surface area contributed by atoms with Crippen LogP contribution in [0.5, 0.6) is 0 Å². The lowest BCUT2D eigenvalue weighted by Gasteiger charge is -2.21. The highest BCUT2D eigenvalue weighted by atomic mass is 32.1. The van der Waals surface area contributed by atoms with Crippen LogP contribution in [0.2, 0.25) is 0 Å². The van der Waals surface area contributed by atoms with Crippen molar-refractivity contribution in [3.63, 3.8) is 0 Å². The fourth-order valence-corrected chi connectivity index (χ4v) is 12.2. The molecule has 0 saturated heterocycles. The van der Waals surface area contributed by atoms with Crippen LogP contribution in [0.25, 0.3) is 42.0 Å². The number of benzene rings is 1. The lowest BCUT2D eigenvalue weighted by atomic mass is 9.93. The molecule has 0 radical (unpaired) electrons. The van der Waals surface area contributed by atoms with E-state index >= 15 is 0 Å². The molecule has 1 aromatic carbocycles. The molecule has 62 heavy (non-hydrogen) atoms. The highest BCUT2D eigenvalue weighted by molar-refractivity contribution is 7.18. The molecule has 0 N–H and O–H groups in total. The van der Waals surface area contributed by atoms with Gasteiger partial charge in [-0.2, -0.15) is 0 Å². The first-order chi connectivity index (χ1) is 30.5. The van der Waals surface area contributed by atoms with E-state index in [4.69, 9.17) is 0 Å². The fraction of sp³-hybridized carbons (Fsp3) is 0.714. The molecule has 4 heterocycles. The third-order valence-corrected chi connectivity index (χ3v) is 16.1. The summed E-state index contributed by atoms with van der Waals surface area (Å²) in [6, 6.07) is 8.57. The molecule has 2 atom stereocenters. The van der Waals surface area contributed by atoms with E-state index in [2.05, 4.69) is 71.9 Å². The molecule has 2 unspecified atom stereocenters. The van der Waals surface area contributed by atoms with Gasteiger partial charge in [0.2, 0.25) is 0 Å². The van der Waals surface area contributed by atoms with Crippen molar-refractivity contribution >= 4 is 64.7 Å². The van der Waals surface area contributed by atoms with Gasteiger partial charge in [-0.05, 0) is 72.5 Å². The number of thiophene rings is 2. The van der Waals surface area contributed by atoms with Gasteiger partial charge >= 0.3 is 0 Å². The number of hydrogen-bond acceptors (Lipinski definition) is 4. The first-order valence-electron chi connectivity index (χ1n) is 26.5. The highest BCUT2D eigenvalue weighted by Crippen LogP contribution is 2.36. The largest absolute Gasteiger partial charge is 0.307 e. The summed E-state index contributed by atoms with van der Waals surface area (Å²) in [5.41, 5.74) is 2.35. The number of rotatable bonds is 36. The molecule has 0 aliphatic rings. The molecule has 0 saturated carbocycles. The Morgan fingerprint density at radius 3 is 0.952 bits per heavy atom. The molecule has 5 rings (SSSR count). The number of pyridine rings is 2. The summed E-state index contributed by atoms with van der Waals surface area (Å²) < 4.78 is 6.58. The van der Waals surface area contributed by atoms with Crippen LogP contribution < -0.4 is 11.1 Å². The molecule has 346 valence electrons. The molecule has 0 spiro atoms. The summed E-state index contributed by atoms with van der Waals surface area (Å²) in [7, 11) is 0. The molecule has 0 bridgehead atoms. The van der Waals surface area contributed by atoms with Crippen molar-refractivity contribution in [1.29, 1.82) is 0 Å². The van der Waals surface area contributed by atoms with E-state index in [0.717, 1.165) is 55.1 Å². The minimum Gasteiger partial charge on any atom is -0.307 e. The van der Waals surface area contributed by atoms with Gasteiger partial charge in [0, 0.05) is 34.6 Å². The Morgan fingerprint density at radius 2 is 0.661 bits per heavy atom. The van der Waals surface area contributed by atoms with Crippen molar-refractivity contribution in [3.05, 3.63) is 55.7 Å². The van der Waals surface area contributed by atoms with Crippen LogP contribution in [0.1, 0.15) is 233 Å². The minimum atomic E-state index is 0.120. The minimum absolute atomic E-state index is 0.120. The molecule has 4 aromatic heterocycles. The molecule has 0 aliphatic carbocycles. The molecule has 0 fully saturated rings. The molecular weight excluding hydrogens is 797 g/mol. The van der Waals surface area contributed by atoms with E-state index in [1.54, 1.807) is 22.7 Å². The van der Waals surface area contributed by atoms with Gasteiger partial charge in [0.1, 0.15) is 0 Å². The topological polar surface area (TPSA) is 44.0 Å². The predicted octanol–water partition coefficient (Wildman–Crippen LogP) is 18.5. The summed E-state index contributed by atoms with van der Waals surface area (Å²) in [5, 5.41) is 7.79. The van der Waals surface area contributed by atoms with E-state index in [1.165, 1.54) is 205 Å². The highest BCUT2D eigenvalue weighted by Gasteiger charge is 2.21. The number of unbranched alkanes of at least 4 members (excludes halogenated alkanes) is 24. The monoisotopic (exact) mass is 885 g/mol. The van der Waals surface area contributed by atoms with Gasteiger partial charge in [-0.1, -0.05) is 207 Å². The van der Waals surface area contributed by atoms with E-state index in [0.29, 0.717) is 11.8 Å². The second-order valence-corrected chi connectivity index (χ2v) is 21.2. The van der Waals surface area contributed by atoms with Crippen molar-refractivity contribution < 1.29 is 0 Å². The van der Waals surface area contributed by atoms with E-state index in [-0.39, 0.29) is 11.1 Å². The summed E-state index contributed by atoms with van der Waals surface area (Å²) in [6.07, 6.45) is 41.8. The summed E-state index contributed by atoms with van der Waals surface area (Å²) in [4.78, 5) is 29.6. The lowest BCUT2D eigenvalue weighted by Crippen LogP contribution is -2.26. The zero-order valence-corrected chi connectivity index (χ0v) is 41.8. The van der Waals surface area contributed by atoms with Crippen molar-refractivity contribution in [2.45, 2.75) is 246 Å². The van der Waals surface area contributed by atoms with E-state index in [9.17, 15) is 9.59 Å². The predicted molar refractivity (Wildman–Crippen MR) is 278 cm³/mol. The van der Waals surface area contributed by atoms with Crippen LogP contribution >= 0.6 is 22.7 Å². The number of aromatic nitrogens is 2. The van der Waals surface area contributed by atoms with Gasteiger partial charge in [-0.3, -0.25) is 9.59 Å². The van der Waals surface area contributed by atoms with E-state index in [1.807, 2.05) is 0 Å². The summed E-state index contributed by atoms with van der Waals surface area (Å²) in [5.74, 6) is 1.01. The van der Waals surface area contributed by atoms with Crippen molar-refractivity contribution in [2.75, 3.05) is 0 Å². The van der Waals surface area contributed by atoms with Crippen LogP contribution in [0.3, 0.4) is 0 Å². The average Bonchev–Trinajstić information content (AvgIpc) is 3.98. The fourth-order valence-electron chi connectivity index (χ4n) is 10.4. The Hall–Kier alpha value is -2.44. The SMILES string of the molecule is CCCCCCCCCCC(CCCCCCCC)Cn1c(=O)c2cc3c(cc2c2sccc21)c(=O)n(CC(CCCCCCCC)CCCCCCCCCC)c1ccsc31. The Morgan fingerprint density at radius 1 is 0.387 bits per heavy atom. The normalized spacial score (nSPS) is 13.1. The van der Waals surface area contributed by atoms with Crippen molar-refractivity contribution in [3.8, 4) is 0 Å². The zero-order chi connectivity index (χ0) is 43.8. The quantitative estimate of drug-likeness (QED) is 0.0297. The van der Waals surface area contributed by atoms with Gasteiger partial charge in [0.05, 0.1) is 20.4 Å². The zero-order valence-electron chi connectivity index (χ0n) is 40.2. The van der Waals surface area contributed by atoms with Gasteiger partial charge in [-0.25, -0.2) is 0 Å². The maximum absolute atomic E-state index is 14.8. The Bertz CT molecular complexity index is 1950. The summed E-state index contributed by atoms with van der Waals surface area (Å²) >= 11 is 3.46. The Kier molecular flexibility index (Phi) is 23.8. The third-order valence-electron chi connectivity index (χ3n) is 14.2.